The number of hydrogen-bond acceptors (Lipinski definition) is 4. The fraction of sp³-hybridized carbons (Fsp3) is 0.200. The zero-order valence-electron chi connectivity index (χ0n) is 11.8. The highest BCUT2D eigenvalue weighted by Crippen LogP contribution is 2.21. The number of phenolic OH excluding ortho intramolecular Hbond substituents is 1. The maximum Gasteiger partial charge on any atom is 0.166 e. The number of anilines is 1. The minimum atomic E-state index is -0.642. The number of phenols is 1. The standard InChI is InChI=1S/C15H15FN4O/c1-9-12-5-10(8-18-15(12)20(2)19-9)7-17-11-3-4-14(21)13(16)6-11/h3-6,8,17,21H,7H2,1-2H3. The third kappa shape index (κ3) is 2.52. The minimum absolute atomic E-state index is 0.352. The summed E-state index contributed by atoms with van der Waals surface area (Å²) in [6.07, 6.45) is 1.77. The SMILES string of the molecule is Cc1nn(C)c2ncc(CNc3ccc(O)c(F)c3)cc12. The van der Waals surface area contributed by atoms with Gasteiger partial charge in [-0.15, -0.1) is 0 Å². The van der Waals surface area contributed by atoms with Crippen LogP contribution >= 0.6 is 0 Å². The van der Waals surface area contributed by atoms with Gasteiger partial charge in [-0.3, -0.25) is 4.68 Å². The average Bonchev–Trinajstić information content (AvgIpc) is 2.75. The number of fused-ring (bicyclic) bond motifs is 1. The van der Waals surface area contributed by atoms with Gasteiger partial charge in [-0.05, 0) is 30.7 Å². The smallest absolute Gasteiger partial charge is 0.166 e. The van der Waals surface area contributed by atoms with Crippen molar-refractivity contribution in [2.45, 2.75) is 13.5 Å². The zero-order valence-corrected chi connectivity index (χ0v) is 11.8. The van der Waals surface area contributed by atoms with Crippen molar-refractivity contribution in [2.24, 2.45) is 7.05 Å². The minimum Gasteiger partial charge on any atom is -0.505 e. The Bertz CT molecular complexity index is 813. The van der Waals surface area contributed by atoms with E-state index < -0.39 is 5.82 Å². The molecular formula is C15H15FN4O. The molecule has 0 aliphatic heterocycles. The van der Waals surface area contributed by atoms with Crippen LogP contribution in [0, 0.1) is 12.7 Å². The van der Waals surface area contributed by atoms with Crippen molar-refractivity contribution in [3.05, 3.63) is 47.5 Å². The van der Waals surface area contributed by atoms with E-state index in [9.17, 15) is 4.39 Å². The number of halogens is 1. The Kier molecular flexibility index (Phi) is 3.21. The van der Waals surface area contributed by atoms with Gasteiger partial charge >= 0.3 is 0 Å². The summed E-state index contributed by atoms with van der Waals surface area (Å²) >= 11 is 0. The number of nitrogens with one attached hydrogen (secondary N) is 1. The van der Waals surface area contributed by atoms with E-state index in [1.54, 1.807) is 16.9 Å². The van der Waals surface area contributed by atoms with Gasteiger partial charge in [-0.25, -0.2) is 9.37 Å². The van der Waals surface area contributed by atoms with Crippen LogP contribution < -0.4 is 5.32 Å². The number of rotatable bonds is 3. The number of pyridine rings is 1. The molecule has 0 unspecified atom stereocenters. The summed E-state index contributed by atoms with van der Waals surface area (Å²) in [4.78, 5) is 4.39. The number of nitrogens with zero attached hydrogens (tertiary/aromatic N) is 3. The molecule has 3 aromatic rings. The van der Waals surface area contributed by atoms with Crippen LogP contribution in [0.15, 0.2) is 30.5 Å². The van der Waals surface area contributed by atoms with E-state index in [4.69, 9.17) is 5.11 Å². The molecule has 0 aliphatic rings. The third-order valence-electron chi connectivity index (χ3n) is 3.36. The molecule has 6 heteroatoms. The number of hydrogen-bond donors (Lipinski definition) is 2. The van der Waals surface area contributed by atoms with E-state index in [1.807, 2.05) is 20.0 Å². The largest absolute Gasteiger partial charge is 0.505 e. The first-order valence-electron chi connectivity index (χ1n) is 6.55. The molecule has 5 nitrogen and oxygen atoms in total. The van der Waals surface area contributed by atoms with Crippen molar-refractivity contribution in [3.8, 4) is 5.75 Å². The lowest BCUT2D eigenvalue weighted by atomic mass is 10.2. The van der Waals surface area contributed by atoms with Gasteiger partial charge in [0, 0.05) is 36.9 Å². The quantitative estimate of drug-likeness (QED) is 0.727. The molecule has 0 radical (unpaired) electrons. The van der Waals surface area contributed by atoms with Crippen molar-refractivity contribution >= 4 is 16.7 Å². The average molecular weight is 286 g/mol. The molecule has 1 aromatic carbocycles. The first kappa shape index (κ1) is 13.4. The van der Waals surface area contributed by atoms with E-state index in [2.05, 4.69) is 15.4 Å². The molecule has 0 amide bonds. The lowest BCUT2D eigenvalue weighted by Crippen LogP contribution is -2.00. The van der Waals surface area contributed by atoms with E-state index >= 15 is 0 Å². The van der Waals surface area contributed by atoms with E-state index in [0.717, 1.165) is 22.3 Å². The molecule has 108 valence electrons. The molecule has 0 saturated carbocycles. The van der Waals surface area contributed by atoms with Crippen molar-refractivity contribution < 1.29 is 9.50 Å². The summed E-state index contributed by atoms with van der Waals surface area (Å²) in [5, 5.41) is 17.6. The monoisotopic (exact) mass is 286 g/mol. The summed E-state index contributed by atoms with van der Waals surface area (Å²) in [7, 11) is 1.86. The maximum atomic E-state index is 13.3. The number of aryl methyl sites for hydroxylation is 2. The Hall–Kier alpha value is -2.63. The molecule has 0 bridgehead atoms. The summed E-state index contributed by atoms with van der Waals surface area (Å²) in [6, 6.07) is 6.23. The molecule has 0 saturated heterocycles. The Balaban J connectivity index is 1.81. The molecule has 0 atom stereocenters. The molecule has 2 heterocycles. The predicted octanol–water partition coefficient (Wildman–Crippen LogP) is 2.73. The van der Waals surface area contributed by atoms with E-state index in [0.29, 0.717) is 12.2 Å². The highest BCUT2D eigenvalue weighted by Gasteiger charge is 2.07. The van der Waals surface area contributed by atoms with E-state index in [-0.39, 0.29) is 5.75 Å². The normalized spacial score (nSPS) is 11.0. The van der Waals surface area contributed by atoms with Crippen molar-refractivity contribution in [1.29, 1.82) is 0 Å². The van der Waals surface area contributed by atoms with Gasteiger partial charge in [0.2, 0.25) is 0 Å². The third-order valence-corrected chi connectivity index (χ3v) is 3.36. The summed E-state index contributed by atoms with van der Waals surface area (Å²) in [5.74, 6) is -0.994. The zero-order chi connectivity index (χ0) is 15.0. The maximum absolute atomic E-state index is 13.3. The number of aromatic hydroxyl groups is 1. The Labute approximate surface area is 121 Å². The molecular weight excluding hydrogens is 271 g/mol. The van der Waals surface area contributed by atoms with Crippen LogP contribution in [0.5, 0.6) is 5.75 Å². The lowest BCUT2D eigenvalue weighted by molar-refractivity contribution is 0.432. The second kappa shape index (κ2) is 5.05. The van der Waals surface area contributed by atoms with Gasteiger partial charge in [0.1, 0.15) is 0 Å². The van der Waals surface area contributed by atoms with Gasteiger partial charge in [0.25, 0.3) is 0 Å². The molecule has 0 aliphatic carbocycles. The van der Waals surface area contributed by atoms with Crippen molar-refractivity contribution in [1.82, 2.24) is 14.8 Å². The predicted molar refractivity (Wildman–Crippen MR) is 78.6 cm³/mol. The molecule has 2 N–H and O–H groups in total. The van der Waals surface area contributed by atoms with Crippen molar-refractivity contribution in [3.63, 3.8) is 0 Å². The van der Waals surface area contributed by atoms with Crippen LogP contribution in [0.2, 0.25) is 0 Å². The Morgan fingerprint density at radius 1 is 1.33 bits per heavy atom. The van der Waals surface area contributed by atoms with Gasteiger partial charge in [-0.1, -0.05) is 0 Å². The topological polar surface area (TPSA) is 63.0 Å². The second-order valence-electron chi connectivity index (χ2n) is 4.94. The van der Waals surface area contributed by atoms with Crippen molar-refractivity contribution in [2.75, 3.05) is 5.32 Å². The molecule has 21 heavy (non-hydrogen) atoms. The molecule has 3 rings (SSSR count). The summed E-state index contributed by atoms with van der Waals surface area (Å²) < 4.78 is 15.0. The van der Waals surface area contributed by atoms with Crippen LogP contribution in [0.1, 0.15) is 11.3 Å². The molecule has 2 aromatic heterocycles. The van der Waals surface area contributed by atoms with Gasteiger partial charge < -0.3 is 10.4 Å². The van der Waals surface area contributed by atoms with Gasteiger partial charge in [0.05, 0.1) is 5.69 Å². The first-order valence-corrected chi connectivity index (χ1v) is 6.55. The lowest BCUT2D eigenvalue weighted by Gasteiger charge is -2.07. The van der Waals surface area contributed by atoms with Crippen LogP contribution in [0.25, 0.3) is 11.0 Å². The molecule has 0 fully saturated rings. The van der Waals surface area contributed by atoms with Gasteiger partial charge in [-0.2, -0.15) is 5.10 Å². The van der Waals surface area contributed by atoms with Gasteiger partial charge in [0.15, 0.2) is 17.2 Å². The second-order valence-corrected chi connectivity index (χ2v) is 4.94. The van der Waals surface area contributed by atoms with E-state index in [1.165, 1.54) is 12.1 Å². The summed E-state index contributed by atoms with van der Waals surface area (Å²) in [6.45, 7) is 2.46. The fourth-order valence-electron chi connectivity index (χ4n) is 2.27. The summed E-state index contributed by atoms with van der Waals surface area (Å²) in [5.41, 5.74) is 3.35. The Morgan fingerprint density at radius 2 is 2.14 bits per heavy atom. The van der Waals surface area contributed by atoms with Crippen LogP contribution in [-0.2, 0) is 13.6 Å². The number of benzene rings is 1. The fourth-order valence-corrected chi connectivity index (χ4v) is 2.27. The number of aromatic nitrogens is 3. The first-order chi connectivity index (χ1) is 10.0. The highest BCUT2D eigenvalue weighted by molar-refractivity contribution is 5.78. The molecule has 0 spiro atoms. The van der Waals surface area contributed by atoms with Crippen LogP contribution in [0.4, 0.5) is 10.1 Å². The van der Waals surface area contributed by atoms with Crippen LogP contribution in [-0.4, -0.2) is 19.9 Å². The Morgan fingerprint density at radius 3 is 2.90 bits per heavy atom. The van der Waals surface area contributed by atoms with Crippen LogP contribution in [0.3, 0.4) is 0 Å². The highest BCUT2D eigenvalue weighted by atomic mass is 19.1.